The van der Waals surface area contributed by atoms with Gasteiger partial charge in [0.2, 0.25) is 0 Å². The van der Waals surface area contributed by atoms with Gasteiger partial charge in [-0.1, -0.05) is 15.2 Å². The zero-order valence-corrected chi connectivity index (χ0v) is 26.0. The maximum Gasteiger partial charge on any atom is 0.175 e. The van der Waals surface area contributed by atoms with Crippen LogP contribution in [0.1, 0.15) is 29.9 Å². The number of nitrogens with zero attached hydrogens (tertiary/aromatic N) is 2. The van der Waals surface area contributed by atoms with Crippen LogP contribution in [0.2, 0.25) is 0 Å². The van der Waals surface area contributed by atoms with Crippen LogP contribution < -0.4 is 9.47 Å². The molecule has 12 heteroatoms. The van der Waals surface area contributed by atoms with Crippen molar-refractivity contribution in [1.82, 2.24) is 9.78 Å². The van der Waals surface area contributed by atoms with Gasteiger partial charge in [0.05, 0.1) is 29.9 Å². The van der Waals surface area contributed by atoms with Crippen molar-refractivity contribution in [2.24, 2.45) is 0 Å². The molecule has 38 heavy (non-hydrogen) atoms. The lowest BCUT2D eigenvalue weighted by Gasteiger charge is -2.17. The smallest absolute Gasteiger partial charge is 0.175 e. The molecule has 0 N–H and O–H groups in total. The van der Waals surface area contributed by atoms with Crippen molar-refractivity contribution >= 4 is 38.7 Å². The van der Waals surface area contributed by atoms with Gasteiger partial charge in [-0.3, -0.25) is 9.48 Å². The fourth-order valence-corrected chi connectivity index (χ4v) is 10.6. The number of hydrogen-bond acceptors (Lipinski definition) is 7. The average molecular weight is 597 g/mol. The van der Waals surface area contributed by atoms with Crippen LogP contribution in [-0.4, -0.2) is 62.9 Å². The van der Waals surface area contributed by atoms with Crippen LogP contribution in [0.15, 0.2) is 59.6 Å². The number of rotatable bonds is 14. The van der Waals surface area contributed by atoms with Crippen molar-refractivity contribution in [3.8, 4) is 17.2 Å². The lowest BCUT2D eigenvalue weighted by molar-refractivity contribution is 0.0914. The summed E-state index contributed by atoms with van der Waals surface area (Å²) in [5, 5.41) is 4.63. The van der Waals surface area contributed by atoms with Gasteiger partial charge in [-0.25, -0.2) is 8.42 Å². The lowest BCUT2D eigenvalue weighted by Crippen LogP contribution is -2.18. The largest absolute Gasteiger partial charge is 0.488 e. The molecule has 1 heterocycles. The maximum atomic E-state index is 13.3. The van der Waals surface area contributed by atoms with E-state index in [1.54, 1.807) is 37.4 Å². The molecule has 0 fully saturated rings. The summed E-state index contributed by atoms with van der Waals surface area (Å²) < 4.78 is 42.5. The Labute approximate surface area is 229 Å². The van der Waals surface area contributed by atoms with Gasteiger partial charge in [0.15, 0.2) is 15.6 Å². The van der Waals surface area contributed by atoms with Gasteiger partial charge in [0.1, 0.15) is 23.4 Å². The Morgan fingerprint density at radius 3 is 2.45 bits per heavy atom. The van der Waals surface area contributed by atoms with E-state index >= 15 is 0 Å². The maximum absolute atomic E-state index is 13.3. The number of benzene rings is 2. The summed E-state index contributed by atoms with van der Waals surface area (Å²) in [5.74, 6) is 1.18. The molecule has 3 rings (SSSR count). The predicted octanol–water partition coefficient (Wildman–Crippen LogP) is 6.19. The fraction of sp³-hybridized carbons (Fsp3) is 0.385. The van der Waals surface area contributed by atoms with Crippen molar-refractivity contribution in [2.75, 3.05) is 32.8 Å². The van der Waals surface area contributed by atoms with E-state index in [1.807, 2.05) is 23.9 Å². The zero-order valence-electron chi connectivity index (χ0n) is 22.3. The second kappa shape index (κ2) is 13.4. The Balaban J connectivity index is 1.83. The molecule has 0 aliphatic heterocycles. The molecule has 0 aliphatic carbocycles. The summed E-state index contributed by atoms with van der Waals surface area (Å²) in [6.45, 7) is 6.69. The molecule has 2 unspecified atom stereocenters. The Morgan fingerprint density at radius 2 is 1.82 bits per heavy atom. The molecule has 0 amide bonds. The van der Waals surface area contributed by atoms with Crippen LogP contribution in [0.5, 0.6) is 17.2 Å². The third kappa shape index (κ3) is 9.32. The average Bonchev–Trinajstić information content (AvgIpc) is 3.24. The summed E-state index contributed by atoms with van der Waals surface area (Å²) >= 11 is 0. The van der Waals surface area contributed by atoms with Crippen molar-refractivity contribution < 1.29 is 27.4 Å². The lowest BCUT2D eigenvalue weighted by atomic mass is 10.1. The van der Waals surface area contributed by atoms with Gasteiger partial charge >= 0.3 is 0 Å². The van der Waals surface area contributed by atoms with Crippen LogP contribution >= 0.6 is 23.0 Å². The number of Topliss-reactive ketones (excluding diaryl/α,β-unsaturated/α-hetero) is 1. The fourth-order valence-electron chi connectivity index (χ4n) is 3.78. The molecule has 0 bridgehead atoms. The number of hydrogen-bond donors (Lipinski definition) is 0. The normalized spacial score (nSPS) is 14.3. The highest BCUT2D eigenvalue weighted by molar-refractivity contribution is 8.39. The van der Waals surface area contributed by atoms with Crippen molar-refractivity contribution in [1.29, 1.82) is 0 Å². The van der Waals surface area contributed by atoms with E-state index in [0.717, 1.165) is 27.0 Å². The van der Waals surface area contributed by atoms with Gasteiger partial charge in [-0.05, 0) is 68.5 Å². The highest BCUT2D eigenvalue weighted by Gasteiger charge is 2.16. The minimum absolute atomic E-state index is 0.122. The Hall–Kier alpha value is -2.01. The monoisotopic (exact) mass is 596 g/mol. The number of sulfone groups is 1. The summed E-state index contributed by atoms with van der Waals surface area (Å²) in [5.41, 5.74) is 1.12. The van der Waals surface area contributed by atoms with Gasteiger partial charge in [-0.2, -0.15) is 5.10 Å². The van der Waals surface area contributed by atoms with Gasteiger partial charge in [0, 0.05) is 31.2 Å². The third-order valence-electron chi connectivity index (χ3n) is 5.40. The predicted molar refractivity (Wildman–Crippen MR) is 158 cm³/mol. The summed E-state index contributed by atoms with van der Waals surface area (Å²) in [4.78, 5) is 13.5. The molecule has 3 aromatic rings. The van der Waals surface area contributed by atoms with E-state index in [2.05, 4.69) is 27.2 Å². The minimum atomic E-state index is -3.32. The first-order valence-electron chi connectivity index (χ1n) is 12.1. The first-order valence-corrected chi connectivity index (χ1v) is 19.8. The number of aromatic nitrogens is 2. The highest BCUT2D eigenvalue weighted by atomic mass is 32.3. The summed E-state index contributed by atoms with van der Waals surface area (Å²) in [6.07, 6.45) is 3.67. The quantitative estimate of drug-likeness (QED) is 0.162. The number of carbonyl (C=O) groups excluding carboxylic acids is 1. The molecule has 0 saturated carbocycles. The highest BCUT2D eigenvalue weighted by Crippen LogP contribution is 2.66. The van der Waals surface area contributed by atoms with E-state index in [0.29, 0.717) is 35.1 Å². The van der Waals surface area contributed by atoms with Crippen molar-refractivity contribution in [3.63, 3.8) is 0 Å². The first-order chi connectivity index (χ1) is 17.9. The van der Waals surface area contributed by atoms with Crippen LogP contribution in [0.4, 0.5) is 0 Å². The van der Waals surface area contributed by atoms with Crippen LogP contribution in [-0.2, 0) is 27.3 Å². The SMILES string of the molecule is CCPP(C)(=P)Cn1ccc(CC(=O)c2cc(Oc3ccc(S(C)(=O)=O)cc3)cc(O[C@@H](C)COC)c2)n1. The summed E-state index contributed by atoms with van der Waals surface area (Å²) in [7, 11) is 3.08. The zero-order chi connectivity index (χ0) is 27.9. The molecule has 1 aromatic heterocycles. The first kappa shape index (κ1) is 30.5. The standard InChI is InChI=1S/C26H35N2O6P3S/c1-6-36-37(4,35)18-28-12-11-21(27-28)15-26(29)20-13-23(33-19(2)17-32-3)16-24(14-20)34-22-7-9-25(10-8-22)38(5,30)31/h7-14,16,19,35-36H,6,15,17-18H2,1-5H3/t19-,37?/m0/s1. The molecule has 8 nitrogen and oxygen atoms in total. The molecule has 2 aromatic carbocycles. The van der Waals surface area contributed by atoms with E-state index in [4.69, 9.17) is 14.2 Å². The number of ether oxygens (including phenoxy) is 3. The molecule has 0 saturated heterocycles. The van der Waals surface area contributed by atoms with Gasteiger partial charge in [0.25, 0.3) is 0 Å². The third-order valence-corrected chi connectivity index (χ3v) is 13.7. The summed E-state index contributed by atoms with van der Waals surface area (Å²) in [6, 6.07) is 13.0. The second-order valence-electron chi connectivity index (χ2n) is 9.21. The van der Waals surface area contributed by atoms with Crippen molar-refractivity contribution in [3.05, 3.63) is 66.0 Å². The Morgan fingerprint density at radius 1 is 1.13 bits per heavy atom. The van der Waals surface area contributed by atoms with E-state index in [-0.39, 0.29) is 23.2 Å². The molecule has 0 spiro atoms. The molecular weight excluding hydrogens is 561 g/mol. The van der Waals surface area contributed by atoms with Crippen LogP contribution in [0.25, 0.3) is 0 Å². The molecule has 3 atom stereocenters. The molecule has 0 aliphatic rings. The topological polar surface area (TPSA) is 96.7 Å². The molecular formula is C26H35N2O6P3S. The number of ketones is 1. The van der Waals surface area contributed by atoms with Crippen LogP contribution in [0.3, 0.4) is 0 Å². The van der Waals surface area contributed by atoms with Crippen LogP contribution in [0, 0.1) is 0 Å². The van der Waals surface area contributed by atoms with Gasteiger partial charge < -0.3 is 14.2 Å². The van der Waals surface area contributed by atoms with Crippen molar-refractivity contribution in [2.45, 2.75) is 37.6 Å². The second-order valence-corrected chi connectivity index (χ2v) is 23.1. The molecule has 0 radical (unpaired) electrons. The van der Waals surface area contributed by atoms with E-state index < -0.39 is 16.1 Å². The Bertz CT molecular complexity index is 1410. The van der Waals surface area contributed by atoms with E-state index in [1.165, 1.54) is 12.1 Å². The minimum Gasteiger partial charge on any atom is -0.488 e. The van der Waals surface area contributed by atoms with Gasteiger partial charge in [-0.15, -0.1) is 8.53 Å². The number of methoxy groups -OCH3 is 1. The Kier molecular flexibility index (Phi) is 10.7. The number of carbonyl (C=O) groups is 1. The molecule has 206 valence electrons. The van der Waals surface area contributed by atoms with E-state index in [9.17, 15) is 13.2 Å².